The van der Waals surface area contributed by atoms with Crippen molar-refractivity contribution in [2.24, 2.45) is 5.41 Å². The van der Waals surface area contributed by atoms with Gasteiger partial charge in [0.15, 0.2) is 0 Å². The van der Waals surface area contributed by atoms with Crippen LogP contribution in [0.25, 0.3) is 0 Å². The first-order chi connectivity index (χ1) is 8.81. The van der Waals surface area contributed by atoms with Gasteiger partial charge in [-0.2, -0.15) is 0 Å². The predicted octanol–water partition coefficient (Wildman–Crippen LogP) is 2.39. The van der Waals surface area contributed by atoms with Gasteiger partial charge in [-0.1, -0.05) is 6.92 Å². The SMILES string of the molecule is CCN1CCC2(CCN(c3ccncc3)CC2)C1. The van der Waals surface area contributed by atoms with E-state index in [0.717, 1.165) is 0 Å². The van der Waals surface area contributed by atoms with Crippen molar-refractivity contribution in [3.8, 4) is 0 Å². The molecule has 1 aromatic rings. The van der Waals surface area contributed by atoms with E-state index in [1.165, 1.54) is 57.7 Å². The van der Waals surface area contributed by atoms with Crippen molar-refractivity contribution in [1.82, 2.24) is 9.88 Å². The lowest BCUT2D eigenvalue weighted by Gasteiger charge is -2.40. The third-order valence-electron chi connectivity index (χ3n) is 4.82. The highest BCUT2D eigenvalue weighted by Crippen LogP contribution is 2.40. The smallest absolute Gasteiger partial charge is 0.0397 e. The Bertz CT molecular complexity index is 382. The average Bonchev–Trinajstić information content (AvgIpc) is 2.84. The summed E-state index contributed by atoms with van der Waals surface area (Å²) in [5.41, 5.74) is 1.96. The van der Waals surface area contributed by atoms with E-state index in [1.54, 1.807) is 0 Å². The molecule has 0 saturated carbocycles. The molecule has 0 radical (unpaired) electrons. The van der Waals surface area contributed by atoms with Gasteiger partial charge in [0.2, 0.25) is 0 Å². The molecule has 2 aliphatic rings. The Kier molecular flexibility index (Phi) is 3.25. The molecule has 0 aromatic carbocycles. The van der Waals surface area contributed by atoms with E-state index in [1.807, 2.05) is 12.4 Å². The molecule has 18 heavy (non-hydrogen) atoms. The van der Waals surface area contributed by atoms with Crippen molar-refractivity contribution in [2.45, 2.75) is 26.2 Å². The molecule has 2 aliphatic heterocycles. The lowest BCUT2D eigenvalue weighted by molar-refractivity contribution is 0.213. The van der Waals surface area contributed by atoms with Gasteiger partial charge in [0.05, 0.1) is 0 Å². The van der Waals surface area contributed by atoms with Crippen LogP contribution in [0.3, 0.4) is 0 Å². The van der Waals surface area contributed by atoms with Gasteiger partial charge in [-0.25, -0.2) is 0 Å². The highest BCUT2D eigenvalue weighted by molar-refractivity contribution is 5.45. The van der Waals surface area contributed by atoms with Gasteiger partial charge in [-0.05, 0) is 49.9 Å². The highest BCUT2D eigenvalue weighted by atomic mass is 15.2. The Morgan fingerprint density at radius 1 is 1.11 bits per heavy atom. The molecule has 0 unspecified atom stereocenters. The molecule has 3 rings (SSSR count). The summed E-state index contributed by atoms with van der Waals surface area (Å²) in [7, 11) is 0. The Labute approximate surface area is 110 Å². The summed E-state index contributed by atoms with van der Waals surface area (Å²) in [6, 6.07) is 4.26. The Hall–Kier alpha value is -1.09. The molecular formula is C15H23N3. The number of hydrogen-bond acceptors (Lipinski definition) is 3. The molecule has 2 saturated heterocycles. The summed E-state index contributed by atoms with van der Waals surface area (Å²) in [6.07, 6.45) is 7.91. The zero-order valence-electron chi connectivity index (χ0n) is 11.3. The summed E-state index contributed by atoms with van der Waals surface area (Å²) in [5, 5.41) is 0. The first-order valence-electron chi connectivity index (χ1n) is 7.19. The molecule has 0 N–H and O–H groups in total. The zero-order chi connectivity index (χ0) is 12.4. The van der Waals surface area contributed by atoms with Gasteiger partial charge in [-0.15, -0.1) is 0 Å². The second-order valence-electron chi connectivity index (χ2n) is 5.81. The number of aromatic nitrogens is 1. The molecule has 3 heterocycles. The quantitative estimate of drug-likeness (QED) is 0.797. The van der Waals surface area contributed by atoms with E-state index in [-0.39, 0.29) is 0 Å². The van der Waals surface area contributed by atoms with Crippen LogP contribution < -0.4 is 4.90 Å². The van der Waals surface area contributed by atoms with Crippen molar-refractivity contribution in [2.75, 3.05) is 37.6 Å². The van der Waals surface area contributed by atoms with Crippen molar-refractivity contribution in [3.63, 3.8) is 0 Å². The van der Waals surface area contributed by atoms with Crippen molar-refractivity contribution in [1.29, 1.82) is 0 Å². The predicted molar refractivity (Wildman–Crippen MR) is 74.8 cm³/mol. The number of hydrogen-bond donors (Lipinski definition) is 0. The fraction of sp³-hybridized carbons (Fsp3) is 0.667. The van der Waals surface area contributed by atoms with E-state index in [0.29, 0.717) is 5.41 Å². The van der Waals surface area contributed by atoms with E-state index >= 15 is 0 Å². The van der Waals surface area contributed by atoms with Gasteiger partial charge >= 0.3 is 0 Å². The summed E-state index contributed by atoms with van der Waals surface area (Å²) in [5.74, 6) is 0. The van der Waals surface area contributed by atoms with Crippen LogP contribution in [-0.4, -0.2) is 42.6 Å². The molecule has 1 aromatic heterocycles. The number of anilines is 1. The molecule has 0 amide bonds. The fourth-order valence-electron chi connectivity index (χ4n) is 3.50. The monoisotopic (exact) mass is 245 g/mol. The van der Waals surface area contributed by atoms with Gasteiger partial charge in [0.1, 0.15) is 0 Å². The van der Waals surface area contributed by atoms with E-state index in [9.17, 15) is 0 Å². The van der Waals surface area contributed by atoms with Crippen LogP contribution in [0.2, 0.25) is 0 Å². The topological polar surface area (TPSA) is 19.4 Å². The minimum Gasteiger partial charge on any atom is -0.371 e. The number of nitrogens with zero attached hydrogens (tertiary/aromatic N) is 3. The van der Waals surface area contributed by atoms with Gasteiger partial charge < -0.3 is 9.80 Å². The van der Waals surface area contributed by atoms with E-state index in [4.69, 9.17) is 0 Å². The molecule has 0 aliphatic carbocycles. The molecule has 98 valence electrons. The van der Waals surface area contributed by atoms with Crippen molar-refractivity contribution < 1.29 is 0 Å². The minimum atomic E-state index is 0.625. The average molecular weight is 245 g/mol. The lowest BCUT2D eigenvalue weighted by atomic mass is 9.77. The maximum Gasteiger partial charge on any atom is 0.0397 e. The standard InChI is InChI=1S/C15H23N3/c1-2-17-10-5-15(13-17)6-11-18(12-7-15)14-3-8-16-9-4-14/h3-4,8-9H,2,5-7,10-13H2,1H3. The van der Waals surface area contributed by atoms with Crippen LogP contribution in [-0.2, 0) is 0 Å². The van der Waals surface area contributed by atoms with Crippen molar-refractivity contribution in [3.05, 3.63) is 24.5 Å². The largest absolute Gasteiger partial charge is 0.371 e. The van der Waals surface area contributed by atoms with Crippen LogP contribution in [0.5, 0.6) is 0 Å². The Morgan fingerprint density at radius 2 is 1.78 bits per heavy atom. The number of pyridine rings is 1. The molecule has 3 heteroatoms. The first-order valence-corrected chi connectivity index (χ1v) is 7.19. The lowest BCUT2D eigenvalue weighted by Crippen LogP contribution is -2.41. The van der Waals surface area contributed by atoms with Crippen LogP contribution in [0.1, 0.15) is 26.2 Å². The van der Waals surface area contributed by atoms with Gasteiger partial charge in [0.25, 0.3) is 0 Å². The molecule has 0 atom stereocenters. The number of rotatable bonds is 2. The second-order valence-corrected chi connectivity index (χ2v) is 5.81. The molecule has 2 fully saturated rings. The molecule has 1 spiro atoms. The van der Waals surface area contributed by atoms with Crippen LogP contribution in [0.4, 0.5) is 5.69 Å². The minimum absolute atomic E-state index is 0.625. The van der Waals surface area contributed by atoms with E-state index < -0.39 is 0 Å². The van der Waals surface area contributed by atoms with Crippen molar-refractivity contribution >= 4 is 5.69 Å². The molecule has 3 nitrogen and oxygen atoms in total. The van der Waals surface area contributed by atoms with E-state index in [2.05, 4.69) is 33.8 Å². The van der Waals surface area contributed by atoms with Gasteiger partial charge in [-0.3, -0.25) is 4.98 Å². The van der Waals surface area contributed by atoms with Gasteiger partial charge in [0, 0.05) is 37.7 Å². The molecule has 0 bridgehead atoms. The summed E-state index contributed by atoms with van der Waals surface area (Å²) >= 11 is 0. The van der Waals surface area contributed by atoms with Crippen LogP contribution in [0, 0.1) is 5.41 Å². The highest BCUT2D eigenvalue weighted by Gasteiger charge is 2.39. The maximum absolute atomic E-state index is 4.10. The normalized spacial score (nSPS) is 23.7. The number of likely N-dealkylation sites (tertiary alicyclic amines) is 1. The Balaban J connectivity index is 1.62. The number of piperidine rings is 1. The third-order valence-corrected chi connectivity index (χ3v) is 4.82. The summed E-state index contributed by atoms with van der Waals surface area (Å²) < 4.78 is 0. The zero-order valence-corrected chi connectivity index (χ0v) is 11.3. The van der Waals surface area contributed by atoms with Crippen LogP contribution in [0.15, 0.2) is 24.5 Å². The van der Waals surface area contributed by atoms with Crippen LogP contribution >= 0.6 is 0 Å². The molecular weight excluding hydrogens is 222 g/mol. The maximum atomic E-state index is 4.10. The summed E-state index contributed by atoms with van der Waals surface area (Å²) in [4.78, 5) is 9.23. The fourth-order valence-corrected chi connectivity index (χ4v) is 3.50. The Morgan fingerprint density at radius 3 is 2.39 bits per heavy atom. The third kappa shape index (κ3) is 2.24. The second kappa shape index (κ2) is 4.88. The summed E-state index contributed by atoms with van der Waals surface area (Å²) in [6.45, 7) is 8.56. The first kappa shape index (κ1) is 12.0.